The highest BCUT2D eigenvalue weighted by Crippen LogP contribution is 2.42. The van der Waals surface area contributed by atoms with Crippen molar-refractivity contribution in [3.8, 4) is 11.1 Å². The van der Waals surface area contributed by atoms with Crippen LogP contribution in [-0.2, 0) is 6.42 Å². The van der Waals surface area contributed by atoms with E-state index in [4.69, 9.17) is 0 Å². The normalized spacial score (nSPS) is 13.3. The molecule has 166 valence electrons. The van der Waals surface area contributed by atoms with Crippen LogP contribution in [-0.4, -0.2) is 34.5 Å². The molecule has 0 radical (unpaired) electrons. The van der Waals surface area contributed by atoms with Gasteiger partial charge in [0.2, 0.25) is 0 Å². The topological polar surface area (TPSA) is 71.0 Å². The van der Waals surface area contributed by atoms with Gasteiger partial charge in [0.15, 0.2) is 0 Å². The van der Waals surface area contributed by atoms with Crippen LogP contribution in [0.4, 0.5) is 20.3 Å². The van der Waals surface area contributed by atoms with Crippen LogP contribution in [0.2, 0.25) is 0 Å². The molecule has 8 heteroatoms. The maximum Gasteiger partial charge on any atom is 0.269 e. The summed E-state index contributed by atoms with van der Waals surface area (Å²) >= 11 is 0. The molecule has 6 nitrogen and oxygen atoms in total. The summed E-state index contributed by atoms with van der Waals surface area (Å²) in [6.07, 6.45) is 3.37. The second-order valence-electron chi connectivity index (χ2n) is 7.88. The first-order chi connectivity index (χ1) is 16.1. The Kier molecular flexibility index (Phi) is 5.42. The number of aromatic nitrogens is 3. The summed E-state index contributed by atoms with van der Waals surface area (Å²) in [6.45, 7) is 0.609. The Morgan fingerprint density at radius 3 is 2.67 bits per heavy atom. The fourth-order valence-electron chi connectivity index (χ4n) is 4.37. The van der Waals surface area contributed by atoms with Crippen LogP contribution in [0, 0.1) is 0 Å². The van der Waals surface area contributed by atoms with E-state index >= 15 is 0 Å². The van der Waals surface area contributed by atoms with E-state index in [9.17, 15) is 13.6 Å². The number of benzene rings is 2. The Balaban J connectivity index is 1.72. The van der Waals surface area contributed by atoms with Gasteiger partial charge in [0.1, 0.15) is 17.8 Å². The first-order valence-corrected chi connectivity index (χ1v) is 10.7. The minimum atomic E-state index is -2.67. The summed E-state index contributed by atoms with van der Waals surface area (Å²) < 4.78 is 28.3. The number of aryl methyl sites for hydroxylation is 1. The highest BCUT2D eigenvalue weighted by atomic mass is 19.3. The minimum Gasteiger partial charge on any atom is -0.354 e. The van der Waals surface area contributed by atoms with E-state index in [0.717, 1.165) is 29.2 Å². The minimum absolute atomic E-state index is 0.0813. The summed E-state index contributed by atoms with van der Waals surface area (Å²) in [5, 5.41) is 4.33. The predicted molar refractivity (Wildman–Crippen MR) is 123 cm³/mol. The number of carbonyl (C=O) groups excluding carboxylic acids is 1. The summed E-state index contributed by atoms with van der Waals surface area (Å²) in [7, 11) is 1.55. The van der Waals surface area contributed by atoms with Gasteiger partial charge in [0.25, 0.3) is 12.3 Å². The third-order valence-electron chi connectivity index (χ3n) is 5.91. The van der Waals surface area contributed by atoms with Gasteiger partial charge < -0.3 is 10.2 Å². The third-order valence-corrected chi connectivity index (χ3v) is 5.91. The number of anilines is 2. The van der Waals surface area contributed by atoms with Gasteiger partial charge in [0, 0.05) is 48.2 Å². The summed E-state index contributed by atoms with van der Waals surface area (Å²) in [6, 6.07) is 12.8. The van der Waals surface area contributed by atoms with E-state index < -0.39 is 6.43 Å². The number of carbonyl (C=O) groups is 1. The van der Waals surface area contributed by atoms with E-state index in [0.29, 0.717) is 29.2 Å². The zero-order chi connectivity index (χ0) is 22.9. The number of nitrogens with zero attached hydrogens (tertiary/aromatic N) is 4. The molecule has 1 aliphatic rings. The molecule has 0 unspecified atom stereocenters. The first-order valence-electron chi connectivity index (χ1n) is 10.7. The van der Waals surface area contributed by atoms with E-state index in [2.05, 4.69) is 20.3 Å². The molecule has 0 aliphatic carbocycles. The molecule has 33 heavy (non-hydrogen) atoms. The lowest BCUT2D eigenvalue weighted by Gasteiger charge is -2.32. The Labute approximate surface area is 189 Å². The Bertz CT molecular complexity index is 1340. The highest BCUT2D eigenvalue weighted by molar-refractivity contribution is 6.01. The van der Waals surface area contributed by atoms with Gasteiger partial charge in [-0.05, 0) is 47.6 Å². The molecule has 0 atom stereocenters. The zero-order valence-corrected chi connectivity index (χ0v) is 17.9. The number of hydrogen-bond donors (Lipinski definition) is 1. The Morgan fingerprint density at radius 1 is 1.12 bits per heavy atom. The van der Waals surface area contributed by atoms with Crippen LogP contribution < -0.4 is 10.2 Å². The number of alkyl halides is 2. The average Bonchev–Trinajstić information content (AvgIpc) is 2.86. The highest BCUT2D eigenvalue weighted by Gasteiger charge is 2.26. The molecule has 4 aromatic rings. The van der Waals surface area contributed by atoms with Crippen molar-refractivity contribution in [1.29, 1.82) is 0 Å². The monoisotopic (exact) mass is 445 g/mol. The SMILES string of the molecule is CNC(=O)c1cc2ccccc2c(N2CCCc3cc(-c4cncnc4)c(C(F)F)cc32)n1. The second kappa shape index (κ2) is 8.54. The molecule has 5 rings (SSSR count). The van der Waals surface area contributed by atoms with E-state index in [1.54, 1.807) is 31.6 Å². The van der Waals surface area contributed by atoms with Crippen molar-refractivity contribution in [3.05, 3.63) is 78.0 Å². The number of halogens is 2. The summed E-state index contributed by atoms with van der Waals surface area (Å²) in [5.74, 6) is 0.288. The number of pyridine rings is 1. The number of amides is 1. The number of rotatable bonds is 4. The number of fused-ring (bicyclic) bond motifs is 2. The molecule has 1 aliphatic heterocycles. The van der Waals surface area contributed by atoms with Gasteiger partial charge in [-0.25, -0.2) is 23.7 Å². The lowest BCUT2D eigenvalue weighted by molar-refractivity contribution is 0.0958. The molecular weight excluding hydrogens is 424 g/mol. The van der Waals surface area contributed by atoms with Crippen LogP contribution in [0.25, 0.3) is 21.9 Å². The van der Waals surface area contributed by atoms with Gasteiger partial charge in [0.05, 0.1) is 0 Å². The van der Waals surface area contributed by atoms with Gasteiger partial charge in [-0.3, -0.25) is 4.79 Å². The molecule has 0 saturated carbocycles. The summed E-state index contributed by atoms with van der Waals surface area (Å²) in [5.41, 5.74) is 2.82. The number of hydrogen-bond acceptors (Lipinski definition) is 5. The van der Waals surface area contributed by atoms with Crippen molar-refractivity contribution >= 4 is 28.2 Å². The first kappa shape index (κ1) is 20.9. The molecule has 0 spiro atoms. The molecular formula is C25H21F2N5O. The largest absolute Gasteiger partial charge is 0.354 e. The molecule has 2 aromatic carbocycles. The quantitative estimate of drug-likeness (QED) is 0.475. The van der Waals surface area contributed by atoms with Crippen molar-refractivity contribution in [3.63, 3.8) is 0 Å². The molecule has 1 amide bonds. The van der Waals surface area contributed by atoms with Gasteiger partial charge in [-0.2, -0.15) is 0 Å². The smallest absolute Gasteiger partial charge is 0.269 e. The lowest BCUT2D eigenvalue weighted by atomic mass is 9.92. The maximum absolute atomic E-state index is 14.2. The van der Waals surface area contributed by atoms with Crippen molar-refractivity contribution in [1.82, 2.24) is 20.3 Å². The lowest BCUT2D eigenvalue weighted by Crippen LogP contribution is -2.27. The van der Waals surface area contributed by atoms with Crippen LogP contribution in [0.15, 0.2) is 61.2 Å². The third kappa shape index (κ3) is 3.77. The Morgan fingerprint density at radius 2 is 1.91 bits per heavy atom. The van der Waals surface area contributed by atoms with Crippen molar-refractivity contribution in [2.24, 2.45) is 0 Å². The van der Waals surface area contributed by atoms with E-state index in [1.807, 2.05) is 35.2 Å². The zero-order valence-electron chi connectivity index (χ0n) is 17.9. The van der Waals surface area contributed by atoms with Crippen LogP contribution in [0.5, 0.6) is 0 Å². The standard InChI is InChI=1S/C25H21F2N5O/c1-28-25(33)21-10-15-5-2-3-7-18(15)24(31-21)32-8-4-6-16-9-19(17-12-29-14-30-13-17)20(23(26)27)11-22(16)32/h2-3,5,7,9-14,23H,4,6,8H2,1H3,(H,28,33). The van der Waals surface area contributed by atoms with Gasteiger partial charge >= 0.3 is 0 Å². The molecule has 0 fully saturated rings. The van der Waals surface area contributed by atoms with Gasteiger partial charge in [-0.1, -0.05) is 24.3 Å². The average molecular weight is 445 g/mol. The Hall–Kier alpha value is -3.94. The maximum atomic E-state index is 14.2. The van der Waals surface area contributed by atoms with Crippen molar-refractivity contribution in [2.45, 2.75) is 19.3 Å². The number of nitrogens with one attached hydrogen (secondary N) is 1. The summed E-state index contributed by atoms with van der Waals surface area (Å²) in [4.78, 5) is 27.0. The van der Waals surface area contributed by atoms with E-state index in [-0.39, 0.29) is 17.2 Å². The van der Waals surface area contributed by atoms with Crippen molar-refractivity contribution in [2.75, 3.05) is 18.5 Å². The molecule has 0 bridgehead atoms. The predicted octanol–water partition coefficient (Wildman–Crippen LogP) is 5.07. The molecule has 3 heterocycles. The van der Waals surface area contributed by atoms with Crippen molar-refractivity contribution < 1.29 is 13.6 Å². The fourth-order valence-corrected chi connectivity index (χ4v) is 4.37. The van der Waals surface area contributed by atoms with Gasteiger partial charge in [-0.15, -0.1) is 0 Å². The molecule has 0 saturated heterocycles. The second-order valence-corrected chi connectivity index (χ2v) is 7.88. The van der Waals surface area contributed by atoms with Crippen LogP contribution in [0.3, 0.4) is 0 Å². The van der Waals surface area contributed by atoms with E-state index in [1.165, 1.54) is 6.33 Å². The van der Waals surface area contributed by atoms with Crippen LogP contribution >= 0.6 is 0 Å². The fraction of sp³-hybridized carbons (Fsp3) is 0.200. The molecule has 1 N–H and O–H groups in total. The van der Waals surface area contributed by atoms with Crippen LogP contribution in [0.1, 0.15) is 34.5 Å². The molecule has 2 aromatic heterocycles.